The van der Waals surface area contributed by atoms with Crippen molar-refractivity contribution in [3.8, 4) is 11.5 Å². The molecule has 0 aromatic heterocycles. The van der Waals surface area contributed by atoms with Gasteiger partial charge in [0.2, 0.25) is 0 Å². The number of hydrogen-bond donors (Lipinski definition) is 0. The zero-order valence-electron chi connectivity index (χ0n) is 18.3. The molecule has 3 rings (SSSR count). The smallest absolute Gasteiger partial charge is 0.387 e. The zero-order valence-corrected chi connectivity index (χ0v) is 18.3. The van der Waals surface area contributed by atoms with Crippen LogP contribution in [0.4, 0.5) is 8.78 Å². The predicted molar refractivity (Wildman–Crippen MR) is 116 cm³/mol. The van der Waals surface area contributed by atoms with Crippen LogP contribution in [-0.4, -0.2) is 61.0 Å². The molecule has 0 spiro atoms. The van der Waals surface area contributed by atoms with E-state index >= 15 is 0 Å². The standard InChI is InChI=1S/C24H28F2N2O4/c1-3-13-28(23(30)18-9-10-20(31-2)21(16-18)32-24(25)26)19-11-14-27(15-12-19)22(29)17-7-5-4-6-8-17/h4-10,16,19,24H,3,11-15H2,1-2H3. The second-order valence-corrected chi connectivity index (χ2v) is 7.63. The molecule has 1 fully saturated rings. The highest BCUT2D eigenvalue weighted by Gasteiger charge is 2.30. The van der Waals surface area contributed by atoms with Crippen molar-refractivity contribution < 1.29 is 27.8 Å². The zero-order chi connectivity index (χ0) is 23.1. The topological polar surface area (TPSA) is 59.1 Å². The number of ether oxygens (including phenoxy) is 2. The second-order valence-electron chi connectivity index (χ2n) is 7.63. The molecule has 0 N–H and O–H groups in total. The van der Waals surface area contributed by atoms with Gasteiger partial charge in [-0.3, -0.25) is 9.59 Å². The van der Waals surface area contributed by atoms with E-state index in [2.05, 4.69) is 4.74 Å². The van der Waals surface area contributed by atoms with Crippen LogP contribution < -0.4 is 9.47 Å². The van der Waals surface area contributed by atoms with Crippen LogP contribution in [0, 0.1) is 0 Å². The monoisotopic (exact) mass is 446 g/mol. The Hall–Kier alpha value is -3.16. The fraction of sp³-hybridized carbons (Fsp3) is 0.417. The van der Waals surface area contributed by atoms with Crippen LogP contribution in [0.3, 0.4) is 0 Å². The molecule has 0 radical (unpaired) electrons. The lowest BCUT2D eigenvalue weighted by molar-refractivity contribution is -0.0512. The first-order valence-electron chi connectivity index (χ1n) is 10.7. The Morgan fingerprint density at radius 1 is 1.06 bits per heavy atom. The number of benzene rings is 2. The average molecular weight is 446 g/mol. The summed E-state index contributed by atoms with van der Waals surface area (Å²) < 4.78 is 35.1. The summed E-state index contributed by atoms with van der Waals surface area (Å²) in [5.74, 6) is -0.299. The minimum absolute atomic E-state index is 0.0126. The van der Waals surface area contributed by atoms with Crippen LogP contribution >= 0.6 is 0 Å². The number of rotatable bonds is 8. The maximum absolute atomic E-state index is 13.3. The molecule has 2 aromatic carbocycles. The molecule has 0 bridgehead atoms. The van der Waals surface area contributed by atoms with Crippen molar-refractivity contribution in [3.63, 3.8) is 0 Å². The number of likely N-dealkylation sites (tertiary alicyclic amines) is 1. The van der Waals surface area contributed by atoms with Gasteiger partial charge in [0.05, 0.1) is 7.11 Å². The summed E-state index contributed by atoms with van der Waals surface area (Å²) in [6.45, 7) is 0.594. The minimum Gasteiger partial charge on any atom is -0.493 e. The molecule has 1 aliphatic rings. The fourth-order valence-electron chi connectivity index (χ4n) is 4.00. The number of carbonyl (C=O) groups is 2. The number of carbonyl (C=O) groups excluding carboxylic acids is 2. The Kier molecular flexibility index (Phi) is 8.03. The molecule has 32 heavy (non-hydrogen) atoms. The normalized spacial score (nSPS) is 14.3. The highest BCUT2D eigenvalue weighted by Crippen LogP contribution is 2.31. The Morgan fingerprint density at radius 3 is 2.34 bits per heavy atom. The van der Waals surface area contributed by atoms with Crippen molar-refractivity contribution in [3.05, 3.63) is 59.7 Å². The quantitative estimate of drug-likeness (QED) is 0.601. The highest BCUT2D eigenvalue weighted by molar-refractivity contribution is 5.95. The van der Waals surface area contributed by atoms with Gasteiger partial charge in [-0.05, 0) is 49.6 Å². The van der Waals surface area contributed by atoms with E-state index in [1.54, 1.807) is 23.1 Å². The third kappa shape index (κ3) is 5.55. The number of halogens is 2. The van der Waals surface area contributed by atoms with Crippen molar-refractivity contribution in [2.45, 2.75) is 38.8 Å². The van der Waals surface area contributed by atoms with Crippen molar-refractivity contribution in [2.75, 3.05) is 26.7 Å². The van der Waals surface area contributed by atoms with Gasteiger partial charge in [0.25, 0.3) is 11.8 Å². The van der Waals surface area contributed by atoms with Crippen LogP contribution in [0.15, 0.2) is 48.5 Å². The lowest BCUT2D eigenvalue weighted by atomic mass is 10.0. The van der Waals surface area contributed by atoms with E-state index in [1.165, 1.54) is 19.2 Å². The summed E-state index contributed by atoms with van der Waals surface area (Å²) in [7, 11) is 1.35. The third-order valence-electron chi connectivity index (χ3n) is 5.57. The number of amides is 2. The van der Waals surface area contributed by atoms with Crippen molar-refractivity contribution >= 4 is 11.8 Å². The second kappa shape index (κ2) is 10.9. The third-order valence-corrected chi connectivity index (χ3v) is 5.57. The summed E-state index contributed by atoms with van der Waals surface area (Å²) in [5.41, 5.74) is 0.912. The maximum atomic E-state index is 13.3. The molecule has 172 valence electrons. The Balaban J connectivity index is 1.72. The van der Waals surface area contributed by atoms with Gasteiger partial charge in [-0.1, -0.05) is 25.1 Å². The molecule has 2 aromatic rings. The van der Waals surface area contributed by atoms with E-state index in [4.69, 9.17) is 4.74 Å². The number of hydrogen-bond acceptors (Lipinski definition) is 4. The van der Waals surface area contributed by atoms with Gasteiger partial charge < -0.3 is 19.3 Å². The number of alkyl halides is 2. The van der Waals surface area contributed by atoms with Crippen LogP contribution in [0.25, 0.3) is 0 Å². The molecule has 6 nitrogen and oxygen atoms in total. The molecule has 1 saturated heterocycles. The molecule has 0 saturated carbocycles. The molecule has 0 atom stereocenters. The number of piperidine rings is 1. The van der Waals surface area contributed by atoms with Gasteiger partial charge in [0, 0.05) is 36.8 Å². The van der Waals surface area contributed by atoms with E-state index in [0.717, 1.165) is 6.42 Å². The Morgan fingerprint density at radius 2 is 1.75 bits per heavy atom. The van der Waals surface area contributed by atoms with Gasteiger partial charge in [0.15, 0.2) is 11.5 Å². The van der Waals surface area contributed by atoms with E-state index in [-0.39, 0.29) is 34.9 Å². The van der Waals surface area contributed by atoms with Gasteiger partial charge in [0.1, 0.15) is 0 Å². The summed E-state index contributed by atoms with van der Waals surface area (Å²) in [4.78, 5) is 29.6. The van der Waals surface area contributed by atoms with Gasteiger partial charge in [-0.2, -0.15) is 8.78 Å². The first-order chi connectivity index (χ1) is 15.4. The van der Waals surface area contributed by atoms with Crippen LogP contribution in [0.2, 0.25) is 0 Å². The molecule has 0 unspecified atom stereocenters. The molecule has 8 heteroatoms. The van der Waals surface area contributed by atoms with Gasteiger partial charge in [-0.25, -0.2) is 0 Å². The molecular formula is C24H28F2N2O4. The van der Waals surface area contributed by atoms with Gasteiger partial charge >= 0.3 is 6.61 Å². The van der Waals surface area contributed by atoms with Crippen LogP contribution in [0.1, 0.15) is 46.9 Å². The largest absolute Gasteiger partial charge is 0.493 e. The summed E-state index contributed by atoms with van der Waals surface area (Å²) in [5, 5.41) is 0. The Bertz CT molecular complexity index is 915. The van der Waals surface area contributed by atoms with E-state index in [1.807, 2.05) is 30.0 Å². The van der Waals surface area contributed by atoms with Crippen LogP contribution in [-0.2, 0) is 0 Å². The van der Waals surface area contributed by atoms with Crippen LogP contribution in [0.5, 0.6) is 11.5 Å². The lowest BCUT2D eigenvalue weighted by Crippen LogP contribution is -2.49. The highest BCUT2D eigenvalue weighted by atomic mass is 19.3. The molecule has 1 aliphatic heterocycles. The first-order valence-corrected chi connectivity index (χ1v) is 10.7. The van der Waals surface area contributed by atoms with Crippen molar-refractivity contribution in [1.82, 2.24) is 9.80 Å². The fourth-order valence-corrected chi connectivity index (χ4v) is 4.00. The SMILES string of the molecule is CCCN(C(=O)c1ccc(OC)c(OC(F)F)c1)C1CCN(C(=O)c2ccccc2)CC1. The number of nitrogens with zero attached hydrogens (tertiary/aromatic N) is 2. The lowest BCUT2D eigenvalue weighted by Gasteiger charge is -2.38. The summed E-state index contributed by atoms with van der Waals surface area (Å²) in [6, 6.07) is 13.4. The van der Waals surface area contributed by atoms with E-state index in [9.17, 15) is 18.4 Å². The summed E-state index contributed by atoms with van der Waals surface area (Å²) in [6.07, 6.45) is 2.06. The first kappa shape index (κ1) is 23.5. The van der Waals surface area contributed by atoms with E-state index < -0.39 is 6.61 Å². The maximum Gasteiger partial charge on any atom is 0.387 e. The number of methoxy groups -OCH3 is 1. The Labute approximate surface area is 186 Å². The van der Waals surface area contributed by atoms with Crippen molar-refractivity contribution in [1.29, 1.82) is 0 Å². The van der Waals surface area contributed by atoms with Crippen molar-refractivity contribution in [2.24, 2.45) is 0 Å². The average Bonchev–Trinajstić information content (AvgIpc) is 2.82. The van der Waals surface area contributed by atoms with Gasteiger partial charge in [-0.15, -0.1) is 0 Å². The molecule has 1 heterocycles. The predicted octanol–water partition coefficient (Wildman–Crippen LogP) is 4.45. The van der Waals surface area contributed by atoms with E-state index in [0.29, 0.717) is 38.0 Å². The molecular weight excluding hydrogens is 418 g/mol. The minimum atomic E-state index is -3.02. The molecule has 2 amide bonds. The summed E-state index contributed by atoms with van der Waals surface area (Å²) >= 11 is 0. The molecule has 0 aliphatic carbocycles.